The fourth-order valence-corrected chi connectivity index (χ4v) is 1.28. The SMILES string of the molecule is CC(O)CCN1CC(C(=O)O)C1. The van der Waals surface area contributed by atoms with Gasteiger partial charge >= 0.3 is 5.97 Å². The lowest BCUT2D eigenvalue weighted by Crippen LogP contribution is -2.50. The highest BCUT2D eigenvalue weighted by Gasteiger charge is 2.31. The van der Waals surface area contributed by atoms with Crippen molar-refractivity contribution in [1.29, 1.82) is 0 Å². The van der Waals surface area contributed by atoms with Gasteiger partial charge < -0.3 is 15.1 Å². The van der Waals surface area contributed by atoms with Crippen molar-refractivity contribution in [3.63, 3.8) is 0 Å². The molecule has 1 saturated heterocycles. The molecule has 1 aliphatic rings. The molecule has 1 aliphatic heterocycles. The second kappa shape index (κ2) is 3.87. The van der Waals surface area contributed by atoms with Gasteiger partial charge in [0.15, 0.2) is 0 Å². The molecule has 1 atom stereocenters. The molecular weight excluding hydrogens is 158 g/mol. The van der Waals surface area contributed by atoms with Crippen molar-refractivity contribution in [2.75, 3.05) is 19.6 Å². The number of carboxylic acid groups (broad SMARTS) is 1. The molecule has 12 heavy (non-hydrogen) atoms. The molecule has 70 valence electrons. The molecule has 0 aromatic heterocycles. The van der Waals surface area contributed by atoms with Gasteiger partial charge in [0.25, 0.3) is 0 Å². The van der Waals surface area contributed by atoms with Crippen LogP contribution in [-0.2, 0) is 4.79 Å². The van der Waals surface area contributed by atoms with Gasteiger partial charge in [-0.15, -0.1) is 0 Å². The summed E-state index contributed by atoms with van der Waals surface area (Å²) in [5.74, 6) is -0.887. The van der Waals surface area contributed by atoms with Gasteiger partial charge in [-0.2, -0.15) is 0 Å². The third kappa shape index (κ3) is 2.46. The molecule has 0 amide bonds. The molecule has 4 heteroatoms. The summed E-state index contributed by atoms with van der Waals surface area (Å²) < 4.78 is 0. The lowest BCUT2D eigenvalue weighted by atomic mass is 10.0. The number of aliphatic hydroxyl groups is 1. The first-order valence-electron chi connectivity index (χ1n) is 4.23. The summed E-state index contributed by atoms with van der Waals surface area (Å²) in [6.07, 6.45) is 0.445. The van der Waals surface area contributed by atoms with Gasteiger partial charge in [-0.05, 0) is 13.3 Å². The summed E-state index contributed by atoms with van der Waals surface area (Å²) in [6, 6.07) is 0. The first-order chi connectivity index (χ1) is 5.59. The van der Waals surface area contributed by atoms with Gasteiger partial charge in [0, 0.05) is 19.6 Å². The molecule has 1 heterocycles. The summed E-state index contributed by atoms with van der Waals surface area (Å²) in [5.41, 5.74) is 0. The number of nitrogens with zero attached hydrogens (tertiary/aromatic N) is 1. The fourth-order valence-electron chi connectivity index (χ4n) is 1.28. The number of aliphatic carboxylic acids is 1. The Kier molecular flexibility index (Phi) is 3.05. The Bertz CT molecular complexity index is 164. The zero-order chi connectivity index (χ0) is 9.14. The Morgan fingerprint density at radius 2 is 2.25 bits per heavy atom. The number of carbonyl (C=O) groups is 1. The van der Waals surface area contributed by atoms with Crippen LogP contribution in [0.4, 0.5) is 0 Å². The minimum atomic E-state index is -0.705. The minimum Gasteiger partial charge on any atom is -0.481 e. The third-order valence-electron chi connectivity index (χ3n) is 2.17. The van der Waals surface area contributed by atoms with Gasteiger partial charge in [0.05, 0.1) is 12.0 Å². The van der Waals surface area contributed by atoms with Crippen LogP contribution in [0.3, 0.4) is 0 Å². The molecule has 0 radical (unpaired) electrons. The monoisotopic (exact) mass is 173 g/mol. The van der Waals surface area contributed by atoms with E-state index in [9.17, 15) is 4.79 Å². The van der Waals surface area contributed by atoms with E-state index in [0.717, 1.165) is 13.0 Å². The van der Waals surface area contributed by atoms with Crippen LogP contribution in [-0.4, -0.2) is 46.8 Å². The highest BCUT2D eigenvalue weighted by Crippen LogP contribution is 2.15. The van der Waals surface area contributed by atoms with Gasteiger partial charge in [-0.1, -0.05) is 0 Å². The van der Waals surface area contributed by atoms with Crippen molar-refractivity contribution >= 4 is 5.97 Å². The molecule has 0 aromatic carbocycles. The fraction of sp³-hybridized carbons (Fsp3) is 0.875. The predicted molar refractivity (Wildman–Crippen MR) is 43.9 cm³/mol. The molecule has 0 spiro atoms. The van der Waals surface area contributed by atoms with E-state index in [4.69, 9.17) is 10.2 Å². The molecule has 2 N–H and O–H groups in total. The molecule has 0 aromatic rings. The van der Waals surface area contributed by atoms with Crippen molar-refractivity contribution in [2.45, 2.75) is 19.4 Å². The Labute approximate surface area is 71.8 Å². The topological polar surface area (TPSA) is 60.8 Å². The van der Waals surface area contributed by atoms with E-state index in [1.54, 1.807) is 6.92 Å². The second-order valence-electron chi connectivity index (χ2n) is 3.43. The van der Waals surface area contributed by atoms with E-state index in [1.807, 2.05) is 4.90 Å². The van der Waals surface area contributed by atoms with E-state index in [2.05, 4.69) is 0 Å². The smallest absolute Gasteiger partial charge is 0.309 e. The highest BCUT2D eigenvalue weighted by atomic mass is 16.4. The Morgan fingerprint density at radius 3 is 2.67 bits per heavy atom. The number of likely N-dealkylation sites (tertiary alicyclic amines) is 1. The highest BCUT2D eigenvalue weighted by molar-refractivity contribution is 5.71. The molecule has 0 aliphatic carbocycles. The number of hydrogen-bond acceptors (Lipinski definition) is 3. The largest absolute Gasteiger partial charge is 0.481 e. The number of rotatable bonds is 4. The normalized spacial score (nSPS) is 21.8. The van der Waals surface area contributed by atoms with Crippen LogP contribution in [0, 0.1) is 5.92 Å². The summed E-state index contributed by atoms with van der Waals surface area (Å²) in [6.45, 7) is 3.83. The Balaban J connectivity index is 2.06. The van der Waals surface area contributed by atoms with Crippen molar-refractivity contribution in [3.8, 4) is 0 Å². The average molecular weight is 173 g/mol. The predicted octanol–water partition coefficient (Wildman–Crippen LogP) is -0.226. The average Bonchev–Trinajstić information content (AvgIpc) is 1.82. The standard InChI is InChI=1S/C8H15NO3/c1-6(10)2-3-9-4-7(5-9)8(11)12/h6-7,10H,2-5H2,1H3,(H,11,12). The summed E-state index contributed by atoms with van der Waals surface area (Å²) in [5, 5.41) is 17.5. The van der Waals surface area contributed by atoms with Crippen LogP contribution < -0.4 is 0 Å². The molecule has 0 bridgehead atoms. The molecule has 0 saturated carbocycles. The van der Waals surface area contributed by atoms with E-state index in [1.165, 1.54) is 0 Å². The Hall–Kier alpha value is -0.610. The summed E-state index contributed by atoms with van der Waals surface area (Å²) >= 11 is 0. The summed E-state index contributed by atoms with van der Waals surface area (Å²) in [7, 11) is 0. The third-order valence-corrected chi connectivity index (χ3v) is 2.17. The van der Waals surface area contributed by atoms with Gasteiger partial charge in [0.1, 0.15) is 0 Å². The first kappa shape index (κ1) is 9.48. The van der Waals surface area contributed by atoms with Crippen molar-refractivity contribution < 1.29 is 15.0 Å². The zero-order valence-corrected chi connectivity index (χ0v) is 7.23. The van der Waals surface area contributed by atoms with E-state index in [-0.39, 0.29) is 12.0 Å². The molecular formula is C8H15NO3. The van der Waals surface area contributed by atoms with E-state index in [0.29, 0.717) is 13.1 Å². The maximum Gasteiger partial charge on any atom is 0.309 e. The minimum absolute atomic E-state index is 0.181. The quantitative estimate of drug-likeness (QED) is 0.616. The van der Waals surface area contributed by atoms with Gasteiger partial charge in [0.2, 0.25) is 0 Å². The van der Waals surface area contributed by atoms with Crippen LogP contribution in [0.2, 0.25) is 0 Å². The first-order valence-corrected chi connectivity index (χ1v) is 4.23. The number of aliphatic hydroxyl groups excluding tert-OH is 1. The number of hydrogen-bond donors (Lipinski definition) is 2. The van der Waals surface area contributed by atoms with Gasteiger partial charge in [-0.25, -0.2) is 0 Å². The molecule has 1 fully saturated rings. The second-order valence-corrected chi connectivity index (χ2v) is 3.43. The van der Waals surface area contributed by atoms with E-state index < -0.39 is 5.97 Å². The summed E-state index contributed by atoms with van der Waals surface area (Å²) in [4.78, 5) is 12.4. The maximum absolute atomic E-state index is 10.4. The van der Waals surface area contributed by atoms with Crippen LogP contribution in [0.15, 0.2) is 0 Å². The Morgan fingerprint density at radius 1 is 1.67 bits per heavy atom. The molecule has 1 rings (SSSR count). The van der Waals surface area contributed by atoms with E-state index >= 15 is 0 Å². The molecule has 1 unspecified atom stereocenters. The van der Waals surface area contributed by atoms with Crippen LogP contribution in [0.5, 0.6) is 0 Å². The van der Waals surface area contributed by atoms with Gasteiger partial charge in [-0.3, -0.25) is 4.79 Å². The number of carboxylic acids is 1. The van der Waals surface area contributed by atoms with Crippen molar-refractivity contribution in [1.82, 2.24) is 4.90 Å². The lowest BCUT2D eigenvalue weighted by molar-refractivity contribution is -0.147. The van der Waals surface area contributed by atoms with Crippen molar-refractivity contribution in [2.24, 2.45) is 5.92 Å². The van der Waals surface area contributed by atoms with Crippen molar-refractivity contribution in [3.05, 3.63) is 0 Å². The lowest BCUT2D eigenvalue weighted by Gasteiger charge is -2.36. The zero-order valence-electron chi connectivity index (χ0n) is 7.23. The van der Waals surface area contributed by atoms with Crippen LogP contribution in [0.25, 0.3) is 0 Å². The van der Waals surface area contributed by atoms with Crippen LogP contribution in [0.1, 0.15) is 13.3 Å². The van der Waals surface area contributed by atoms with Crippen LogP contribution >= 0.6 is 0 Å². The maximum atomic E-state index is 10.4. The molecule has 4 nitrogen and oxygen atoms in total.